The van der Waals surface area contributed by atoms with Gasteiger partial charge in [0.15, 0.2) is 0 Å². The van der Waals surface area contributed by atoms with Crippen molar-refractivity contribution in [2.24, 2.45) is 11.3 Å². The third-order valence-corrected chi connectivity index (χ3v) is 7.27. The van der Waals surface area contributed by atoms with Gasteiger partial charge in [0.05, 0.1) is 12.4 Å². The van der Waals surface area contributed by atoms with E-state index in [0.29, 0.717) is 17.6 Å². The molecule has 4 nitrogen and oxygen atoms in total. The number of rotatable bonds is 2. The number of furan rings is 1. The van der Waals surface area contributed by atoms with E-state index in [9.17, 15) is 10.2 Å². The third kappa shape index (κ3) is 1.78. The molecule has 1 aromatic rings. The quantitative estimate of drug-likeness (QED) is 0.810. The van der Waals surface area contributed by atoms with Crippen LogP contribution in [0.5, 0.6) is 0 Å². The fourth-order valence-corrected chi connectivity index (χ4v) is 5.82. The molecule has 1 spiro atoms. The summed E-state index contributed by atoms with van der Waals surface area (Å²) in [5, 5.41) is 20.6. The zero-order valence-corrected chi connectivity index (χ0v) is 15.1. The first-order valence-electron chi connectivity index (χ1n) is 9.42. The normalized spacial score (nSPS) is 41.3. The molecule has 1 aromatic heterocycles. The predicted octanol–water partition coefficient (Wildman–Crippen LogP) is 3.23. The van der Waals surface area contributed by atoms with E-state index in [4.69, 9.17) is 9.15 Å². The molecule has 5 atom stereocenters. The van der Waals surface area contributed by atoms with Gasteiger partial charge in [0.1, 0.15) is 24.1 Å². The minimum absolute atomic E-state index is 0.0312. The molecule has 134 valence electrons. The molecule has 25 heavy (non-hydrogen) atoms. The van der Waals surface area contributed by atoms with Gasteiger partial charge in [-0.15, -0.1) is 0 Å². The largest absolute Gasteiger partial charge is 0.466 e. The van der Waals surface area contributed by atoms with Crippen molar-refractivity contribution in [2.45, 2.75) is 70.4 Å². The summed E-state index contributed by atoms with van der Waals surface area (Å²) in [5.74, 6) is 1.36. The number of aliphatic hydroxyl groups excluding tert-OH is 2. The molecule has 3 aliphatic carbocycles. The highest BCUT2D eigenvalue weighted by molar-refractivity contribution is 5.53. The first-order valence-corrected chi connectivity index (χ1v) is 9.42. The Labute approximate surface area is 148 Å². The van der Waals surface area contributed by atoms with Gasteiger partial charge in [-0.05, 0) is 58.8 Å². The van der Waals surface area contributed by atoms with E-state index in [1.54, 1.807) is 0 Å². The number of aliphatic hydroxyl groups is 2. The number of epoxide rings is 1. The Morgan fingerprint density at radius 3 is 2.84 bits per heavy atom. The summed E-state index contributed by atoms with van der Waals surface area (Å²) in [6, 6.07) is 0. The summed E-state index contributed by atoms with van der Waals surface area (Å²) in [6.07, 6.45) is 8.55. The first-order chi connectivity index (χ1) is 11.9. The van der Waals surface area contributed by atoms with Crippen LogP contribution in [0.4, 0.5) is 0 Å². The maximum absolute atomic E-state index is 11.1. The van der Waals surface area contributed by atoms with Crippen LogP contribution in [0.1, 0.15) is 56.4 Å². The second-order valence-electron chi connectivity index (χ2n) is 8.66. The second kappa shape index (κ2) is 4.87. The van der Waals surface area contributed by atoms with Crippen molar-refractivity contribution in [3.8, 4) is 0 Å². The average molecular weight is 342 g/mol. The fourth-order valence-electron chi connectivity index (χ4n) is 5.82. The highest BCUT2D eigenvalue weighted by Gasteiger charge is 2.72. The molecule has 2 N–H and O–H groups in total. The van der Waals surface area contributed by atoms with Crippen LogP contribution in [0.3, 0.4) is 0 Å². The van der Waals surface area contributed by atoms with Crippen LogP contribution in [0.25, 0.3) is 0 Å². The Hall–Kier alpha value is -1.36. The van der Waals surface area contributed by atoms with Gasteiger partial charge in [0, 0.05) is 0 Å². The highest BCUT2D eigenvalue weighted by Crippen LogP contribution is 2.68. The van der Waals surface area contributed by atoms with Crippen molar-refractivity contribution in [2.75, 3.05) is 0 Å². The average Bonchev–Trinajstić information content (AvgIpc) is 3.14. The lowest BCUT2D eigenvalue weighted by Gasteiger charge is -2.50. The number of ether oxygens (including phenoxy) is 1. The molecule has 0 unspecified atom stereocenters. The van der Waals surface area contributed by atoms with Crippen molar-refractivity contribution in [1.29, 1.82) is 0 Å². The predicted molar refractivity (Wildman–Crippen MR) is 93.0 cm³/mol. The Morgan fingerprint density at radius 1 is 1.32 bits per heavy atom. The molecule has 4 heteroatoms. The van der Waals surface area contributed by atoms with Crippen LogP contribution >= 0.6 is 0 Å². The summed E-state index contributed by atoms with van der Waals surface area (Å²) in [5.41, 5.74) is 4.23. The molecule has 1 saturated carbocycles. The lowest BCUT2D eigenvalue weighted by atomic mass is 9.52. The minimum Gasteiger partial charge on any atom is -0.466 e. The molecule has 1 aliphatic heterocycles. The van der Waals surface area contributed by atoms with E-state index in [1.807, 2.05) is 6.26 Å². The number of allylic oxidation sites excluding steroid dienone is 2. The van der Waals surface area contributed by atoms with Gasteiger partial charge >= 0.3 is 0 Å². The van der Waals surface area contributed by atoms with Crippen LogP contribution in [-0.2, 0) is 17.8 Å². The van der Waals surface area contributed by atoms with Gasteiger partial charge in [0.25, 0.3) is 0 Å². The van der Waals surface area contributed by atoms with Gasteiger partial charge in [0.2, 0.25) is 0 Å². The fraction of sp³-hybridized carbons (Fsp3) is 0.619. The minimum atomic E-state index is -0.533. The monoisotopic (exact) mass is 342 g/mol. The van der Waals surface area contributed by atoms with Crippen molar-refractivity contribution in [3.63, 3.8) is 0 Å². The van der Waals surface area contributed by atoms with Crippen LogP contribution in [0.15, 0.2) is 34.0 Å². The number of hydrogen-bond donors (Lipinski definition) is 2. The molecule has 0 amide bonds. The maximum atomic E-state index is 11.1. The molecular weight excluding hydrogens is 316 g/mol. The lowest BCUT2D eigenvalue weighted by molar-refractivity contribution is 0.0884. The van der Waals surface area contributed by atoms with Gasteiger partial charge in [-0.3, -0.25) is 0 Å². The second-order valence-corrected chi connectivity index (χ2v) is 8.66. The van der Waals surface area contributed by atoms with Gasteiger partial charge in [-0.2, -0.15) is 0 Å². The molecule has 5 rings (SSSR count). The standard InChI is InChI=1S/C21H26O4/c1-11(2)12-4-5-17-20(3)7-6-13-14(10-24-16(13)9-22)15(20)8-18-21(17,25-18)19(12)23/h4-5,10-11,15,18-19,22-23H,6-9H2,1-3H3/t15-,18-,19+,20-,21+/m0/s1. The third-order valence-electron chi connectivity index (χ3n) is 7.27. The van der Waals surface area contributed by atoms with E-state index in [1.165, 1.54) is 16.7 Å². The SMILES string of the molecule is CC(C)C1=CC=C2[C@]3(O[C@H]3C[C@H]3c4coc(CO)c4CC[C@]23C)[C@@H]1O. The van der Waals surface area contributed by atoms with Gasteiger partial charge < -0.3 is 19.4 Å². The van der Waals surface area contributed by atoms with Crippen molar-refractivity contribution in [3.05, 3.63) is 46.4 Å². The van der Waals surface area contributed by atoms with Gasteiger partial charge in [-0.25, -0.2) is 0 Å². The van der Waals surface area contributed by atoms with E-state index in [0.717, 1.165) is 24.8 Å². The summed E-state index contributed by atoms with van der Waals surface area (Å²) >= 11 is 0. The molecule has 2 fully saturated rings. The van der Waals surface area contributed by atoms with Crippen molar-refractivity contribution >= 4 is 0 Å². The van der Waals surface area contributed by atoms with E-state index >= 15 is 0 Å². The number of fused-ring (bicyclic) bond motifs is 4. The van der Waals surface area contributed by atoms with E-state index in [2.05, 4.69) is 32.9 Å². The Balaban J connectivity index is 1.63. The Morgan fingerprint density at radius 2 is 2.12 bits per heavy atom. The van der Waals surface area contributed by atoms with Gasteiger partial charge in [-0.1, -0.05) is 32.9 Å². The molecular formula is C21H26O4. The van der Waals surface area contributed by atoms with Crippen LogP contribution in [0.2, 0.25) is 0 Å². The maximum Gasteiger partial charge on any atom is 0.146 e. The lowest BCUT2D eigenvalue weighted by Crippen LogP contribution is -2.50. The topological polar surface area (TPSA) is 66.1 Å². The van der Waals surface area contributed by atoms with Crippen LogP contribution in [-0.4, -0.2) is 28.0 Å². The summed E-state index contributed by atoms with van der Waals surface area (Å²) in [4.78, 5) is 0. The summed E-state index contributed by atoms with van der Waals surface area (Å²) < 4.78 is 11.9. The summed E-state index contributed by atoms with van der Waals surface area (Å²) in [6.45, 7) is 6.54. The molecule has 0 radical (unpaired) electrons. The first kappa shape index (κ1) is 15.9. The molecule has 4 aliphatic rings. The zero-order valence-electron chi connectivity index (χ0n) is 15.1. The van der Waals surface area contributed by atoms with Crippen molar-refractivity contribution < 1.29 is 19.4 Å². The van der Waals surface area contributed by atoms with Crippen LogP contribution in [0, 0.1) is 11.3 Å². The smallest absolute Gasteiger partial charge is 0.146 e. The molecule has 1 saturated heterocycles. The van der Waals surface area contributed by atoms with Crippen molar-refractivity contribution in [1.82, 2.24) is 0 Å². The van der Waals surface area contributed by atoms with E-state index in [-0.39, 0.29) is 18.1 Å². The zero-order chi connectivity index (χ0) is 17.6. The summed E-state index contributed by atoms with van der Waals surface area (Å²) in [7, 11) is 0. The number of hydrogen-bond acceptors (Lipinski definition) is 4. The van der Waals surface area contributed by atoms with Crippen LogP contribution < -0.4 is 0 Å². The molecule has 2 heterocycles. The molecule has 0 bridgehead atoms. The Kier molecular flexibility index (Phi) is 3.09. The Bertz CT molecular complexity index is 801. The molecule has 0 aromatic carbocycles. The highest BCUT2D eigenvalue weighted by atomic mass is 16.6. The van der Waals surface area contributed by atoms with E-state index < -0.39 is 11.7 Å².